The van der Waals surface area contributed by atoms with Crippen molar-refractivity contribution < 1.29 is 19.4 Å². The first-order chi connectivity index (χ1) is 14.5. The number of Topliss-reactive ketones (excluding diaryl/α,β-unsaturated/α-hetero) is 1. The number of rotatable bonds is 7. The number of carbonyl (C=O) groups excluding carboxylic acids is 2. The molecule has 0 spiro atoms. The van der Waals surface area contributed by atoms with Crippen LogP contribution in [0.25, 0.3) is 0 Å². The van der Waals surface area contributed by atoms with Gasteiger partial charge in [-0.2, -0.15) is 0 Å². The van der Waals surface area contributed by atoms with Crippen LogP contribution in [-0.2, 0) is 10.3 Å². The molecule has 0 bridgehead atoms. The summed E-state index contributed by atoms with van der Waals surface area (Å²) in [7, 11) is 0. The second-order valence-corrected chi connectivity index (χ2v) is 9.01. The van der Waals surface area contributed by atoms with E-state index in [-0.39, 0.29) is 0 Å². The molecule has 2 aromatic rings. The van der Waals surface area contributed by atoms with Crippen LogP contribution in [0.3, 0.4) is 0 Å². The first kappa shape index (κ1) is 22.7. The zero-order valence-corrected chi connectivity index (χ0v) is 18.9. The minimum Gasteiger partial charge on any atom is -0.445 e. The van der Waals surface area contributed by atoms with Gasteiger partial charge < -0.3 is 14.7 Å². The van der Waals surface area contributed by atoms with Crippen LogP contribution in [0.4, 0.5) is 4.79 Å². The number of aliphatic hydroxyl groups is 1. The number of ketones is 1. The summed E-state index contributed by atoms with van der Waals surface area (Å²) in [6, 6.07) is 14.2. The van der Waals surface area contributed by atoms with Crippen LogP contribution in [-0.4, -0.2) is 54.1 Å². The van der Waals surface area contributed by atoms with Crippen molar-refractivity contribution in [3.63, 3.8) is 0 Å². The van der Waals surface area contributed by atoms with Crippen LogP contribution in [0.5, 0.6) is 0 Å². The van der Waals surface area contributed by atoms with Crippen molar-refractivity contribution in [2.75, 3.05) is 32.2 Å². The fourth-order valence-electron chi connectivity index (χ4n) is 3.46. The van der Waals surface area contributed by atoms with Gasteiger partial charge in [-0.05, 0) is 61.6 Å². The number of carbonyl (C=O) groups is 2. The summed E-state index contributed by atoms with van der Waals surface area (Å²) in [5, 5.41) is 11.5. The first-order valence-corrected chi connectivity index (χ1v) is 12.4. The number of hydrogen-bond acceptors (Lipinski definition) is 6. The zero-order valence-electron chi connectivity index (χ0n) is 17.3. The molecule has 7 heteroatoms. The van der Waals surface area contributed by atoms with E-state index < -0.39 is 24.1 Å². The molecule has 0 aliphatic carbocycles. The molecule has 30 heavy (non-hydrogen) atoms. The summed E-state index contributed by atoms with van der Waals surface area (Å²) in [5.41, 5.74) is -1.17. The molecule has 1 fully saturated rings. The van der Waals surface area contributed by atoms with E-state index in [2.05, 4.69) is 0 Å². The lowest BCUT2D eigenvalue weighted by Gasteiger charge is -2.30. The molecule has 1 amide bonds. The number of amides is 1. The van der Waals surface area contributed by atoms with E-state index in [4.69, 9.17) is 4.74 Å². The third kappa shape index (κ3) is 5.20. The maximum atomic E-state index is 13.3. The molecule has 2 aromatic carbocycles. The summed E-state index contributed by atoms with van der Waals surface area (Å²) >= 11 is 3.15. The Balaban J connectivity index is 1.86. The Hall–Kier alpha value is -1.96. The number of benzene rings is 2. The summed E-state index contributed by atoms with van der Waals surface area (Å²) < 4.78 is 5.45. The van der Waals surface area contributed by atoms with Gasteiger partial charge in [0.2, 0.25) is 5.78 Å². The molecular weight excluding hydrogens is 418 g/mol. The van der Waals surface area contributed by atoms with Crippen LogP contribution in [0, 0.1) is 0 Å². The molecule has 1 aliphatic heterocycles. The van der Waals surface area contributed by atoms with Crippen LogP contribution in [0.15, 0.2) is 58.3 Å². The fourth-order valence-corrected chi connectivity index (χ4v) is 4.28. The van der Waals surface area contributed by atoms with Crippen LogP contribution in [0.1, 0.15) is 35.2 Å². The minimum atomic E-state index is -1.96. The highest BCUT2D eigenvalue weighted by molar-refractivity contribution is 7.98. The SMILES string of the molecule is CSc1ccc(C(=O)C(O)(COC(=O)N2CCCCC2)c2ccc(SC)cc2)cc1. The Bertz CT molecular complexity index is 864. The summed E-state index contributed by atoms with van der Waals surface area (Å²) in [6.45, 7) is 0.859. The van der Waals surface area contributed by atoms with Gasteiger partial charge in [0.25, 0.3) is 0 Å². The van der Waals surface area contributed by atoms with E-state index in [0.717, 1.165) is 29.1 Å². The van der Waals surface area contributed by atoms with Crippen LogP contribution >= 0.6 is 23.5 Å². The number of likely N-dealkylation sites (tertiary alicyclic amines) is 1. The van der Waals surface area contributed by atoms with Gasteiger partial charge in [0, 0.05) is 28.4 Å². The van der Waals surface area contributed by atoms with Crippen molar-refractivity contribution in [1.82, 2.24) is 4.90 Å². The van der Waals surface area contributed by atoms with Crippen molar-refractivity contribution >= 4 is 35.4 Å². The monoisotopic (exact) mass is 445 g/mol. The molecule has 3 rings (SSSR count). The number of piperidine rings is 1. The van der Waals surface area contributed by atoms with Crippen molar-refractivity contribution in [1.29, 1.82) is 0 Å². The number of hydrogen-bond donors (Lipinski definition) is 1. The molecule has 1 heterocycles. The van der Waals surface area contributed by atoms with Gasteiger partial charge in [-0.15, -0.1) is 23.5 Å². The predicted octanol–water partition coefficient (Wildman–Crippen LogP) is 4.82. The van der Waals surface area contributed by atoms with E-state index in [9.17, 15) is 14.7 Å². The first-order valence-electron chi connectivity index (χ1n) is 9.95. The largest absolute Gasteiger partial charge is 0.445 e. The Kier molecular flexibility index (Phi) is 7.86. The van der Waals surface area contributed by atoms with Crippen LogP contribution in [0.2, 0.25) is 0 Å². The summed E-state index contributed by atoms with van der Waals surface area (Å²) in [5.74, 6) is -0.488. The quantitative estimate of drug-likeness (QED) is 0.487. The summed E-state index contributed by atoms with van der Waals surface area (Å²) in [4.78, 5) is 29.5. The molecule has 1 N–H and O–H groups in total. The van der Waals surface area contributed by atoms with Crippen LogP contribution < -0.4 is 0 Å². The molecular formula is C23H27NO4S2. The van der Waals surface area contributed by atoms with Crippen molar-refractivity contribution in [2.45, 2.75) is 34.7 Å². The highest BCUT2D eigenvalue weighted by atomic mass is 32.2. The van der Waals surface area contributed by atoms with Gasteiger partial charge in [-0.25, -0.2) is 4.79 Å². The number of thioether (sulfide) groups is 2. The Labute approximate surface area is 186 Å². The molecule has 0 saturated carbocycles. The highest BCUT2D eigenvalue weighted by Crippen LogP contribution is 2.29. The predicted molar refractivity (Wildman–Crippen MR) is 121 cm³/mol. The van der Waals surface area contributed by atoms with Gasteiger partial charge in [0.1, 0.15) is 6.61 Å². The normalized spacial score (nSPS) is 16.0. The van der Waals surface area contributed by atoms with Crippen molar-refractivity contribution in [2.24, 2.45) is 0 Å². The molecule has 1 aliphatic rings. The lowest BCUT2D eigenvalue weighted by molar-refractivity contribution is -0.0181. The third-order valence-electron chi connectivity index (χ3n) is 5.31. The average Bonchev–Trinajstić information content (AvgIpc) is 2.82. The highest BCUT2D eigenvalue weighted by Gasteiger charge is 2.40. The standard InChI is InChI=1S/C23H27NO4S2/c1-29-19-10-6-17(7-11-19)21(25)23(27,18-8-12-20(30-2)13-9-18)16-28-22(26)24-14-4-3-5-15-24/h6-13,27H,3-5,14-16H2,1-2H3. The van der Waals surface area contributed by atoms with E-state index in [1.165, 1.54) is 0 Å². The Morgan fingerprint density at radius 3 is 2.00 bits per heavy atom. The van der Waals surface area contributed by atoms with Crippen molar-refractivity contribution in [3.8, 4) is 0 Å². The molecule has 5 nitrogen and oxygen atoms in total. The topological polar surface area (TPSA) is 66.8 Å². The average molecular weight is 446 g/mol. The molecule has 0 aromatic heterocycles. The van der Waals surface area contributed by atoms with Gasteiger partial charge >= 0.3 is 6.09 Å². The second-order valence-electron chi connectivity index (χ2n) is 7.25. The van der Waals surface area contributed by atoms with Gasteiger partial charge in [-0.3, -0.25) is 4.79 Å². The number of nitrogens with zero attached hydrogens (tertiary/aromatic N) is 1. The number of ether oxygens (including phenoxy) is 1. The van der Waals surface area contributed by atoms with E-state index >= 15 is 0 Å². The molecule has 160 valence electrons. The van der Waals surface area contributed by atoms with E-state index in [1.807, 2.05) is 36.8 Å². The Morgan fingerprint density at radius 2 is 1.47 bits per heavy atom. The second kappa shape index (κ2) is 10.4. The third-order valence-corrected chi connectivity index (χ3v) is 6.80. The maximum absolute atomic E-state index is 13.3. The van der Waals surface area contributed by atoms with Crippen molar-refractivity contribution in [3.05, 3.63) is 59.7 Å². The van der Waals surface area contributed by atoms with E-state index in [0.29, 0.717) is 24.2 Å². The lowest BCUT2D eigenvalue weighted by Crippen LogP contribution is -2.44. The molecule has 1 saturated heterocycles. The summed E-state index contributed by atoms with van der Waals surface area (Å²) in [6.07, 6.45) is 6.41. The van der Waals surface area contributed by atoms with Gasteiger partial charge in [0.05, 0.1) is 0 Å². The molecule has 1 unspecified atom stereocenters. The molecule has 0 radical (unpaired) electrons. The molecule has 1 atom stereocenters. The lowest BCUT2D eigenvalue weighted by atomic mass is 9.86. The minimum absolute atomic E-state index is 0.373. The Morgan fingerprint density at radius 1 is 0.933 bits per heavy atom. The fraction of sp³-hybridized carbons (Fsp3) is 0.391. The smallest absolute Gasteiger partial charge is 0.409 e. The van der Waals surface area contributed by atoms with Gasteiger partial charge in [0.15, 0.2) is 5.60 Å². The maximum Gasteiger partial charge on any atom is 0.409 e. The zero-order chi connectivity index (χ0) is 21.6. The van der Waals surface area contributed by atoms with E-state index in [1.54, 1.807) is 52.7 Å². The van der Waals surface area contributed by atoms with Gasteiger partial charge in [-0.1, -0.05) is 24.3 Å².